The molecule has 0 saturated heterocycles. The van der Waals surface area contributed by atoms with Crippen molar-refractivity contribution in [3.63, 3.8) is 0 Å². The number of ether oxygens (including phenoxy) is 1. The maximum atomic E-state index is 12.4. The first-order chi connectivity index (χ1) is 17.0. The minimum absolute atomic E-state index is 0.0683. The SMILES string of the molecule is O=C(Nc1cc(C(=O)Nc2ccc(C(=O)O)cc2)[nH]n1)OCC1c2ccccc2-c2ccccc21. The number of H-pyrrole nitrogens is 1. The Kier molecular flexibility index (Phi) is 5.72. The van der Waals surface area contributed by atoms with Crippen molar-refractivity contribution in [3.8, 4) is 11.1 Å². The summed E-state index contributed by atoms with van der Waals surface area (Å²) < 4.78 is 5.49. The van der Waals surface area contributed by atoms with Crippen molar-refractivity contribution >= 4 is 29.5 Å². The zero-order valence-electron chi connectivity index (χ0n) is 18.3. The van der Waals surface area contributed by atoms with E-state index < -0.39 is 18.0 Å². The number of amides is 2. The van der Waals surface area contributed by atoms with Crippen LogP contribution in [0.5, 0.6) is 0 Å². The molecule has 0 aliphatic heterocycles. The lowest BCUT2D eigenvalue weighted by atomic mass is 9.98. The number of nitrogens with one attached hydrogen (secondary N) is 3. The fourth-order valence-corrected chi connectivity index (χ4v) is 4.14. The Bertz CT molecular complexity index is 1380. The molecule has 0 spiro atoms. The van der Waals surface area contributed by atoms with Gasteiger partial charge in [-0.25, -0.2) is 9.59 Å². The molecular weight excluding hydrogens is 448 g/mol. The van der Waals surface area contributed by atoms with Gasteiger partial charge in [-0.1, -0.05) is 48.5 Å². The van der Waals surface area contributed by atoms with Gasteiger partial charge in [0.05, 0.1) is 5.56 Å². The zero-order valence-corrected chi connectivity index (χ0v) is 18.3. The Morgan fingerprint density at radius 2 is 1.51 bits per heavy atom. The second kappa shape index (κ2) is 9.14. The van der Waals surface area contributed by atoms with E-state index in [1.54, 1.807) is 0 Å². The summed E-state index contributed by atoms with van der Waals surface area (Å²) in [5.74, 6) is -1.49. The predicted octanol–water partition coefficient (Wildman–Crippen LogP) is 4.72. The molecule has 0 unspecified atom stereocenters. The smallest absolute Gasteiger partial charge is 0.412 e. The number of benzene rings is 3. The number of carbonyl (C=O) groups excluding carboxylic acids is 2. The number of aromatic nitrogens is 2. The van der Waals surface area contributed by atoms with Crippen molar-refractivity contribution in [1.29, 1.82) is 0 Å². The van der Waals surface area contributed by atoms with Crippen molar-refractivity contribution in [2.75, 3.05) is 17.2 Å². The van der Waals surface area contributed by atoms with E-state index in [0.717, 1.165) is 22.3 Å². The van der Waals surface area contributed by atoms with Gasteiger partial charge < -0.3 is 15.2 Å². The van der Waals surface area contributed by atoms with Crippen molar-refractivity contribution in [2.24, 2.45) is 0 Å². The van der Waals surface area contributed by atoms with Crippen LogP contribution in [0.15, 0.2) is 78.9 Å². The van der Waals surface area contributed by atoms with Gasteiger partial charge >= 0.3 is 12.1 Å². The number of rotatable bonds is 6. The van der Waals surface area contributed by atoms with Gasteiger partial charge in [0.2, 0.25) is 0 Å². The zero-order chi connectivity index (χ0) is 24.4. The molecule has 0 saturated carbocycles. The Morgan fingerprint density at radius 1 is 0.886 bits per heavy atom. The minimum atomic E-state index is -1.06. The lowest BCUT2D eigenvalue weighted by Gasteiger charge is -2.14. The molecule has 1 aliphatic rings. The van der Waals surface area contributed by atoms with Gasteiger partial charge in [0.15, 0.2) is 5.82 Å². The molecule has 1 aromatic heterocycles. The van der Waals surface area contributed by atoms with Gasteiger partial charge in [-0.15, -0.1) is 0 Å². The number of nitrogens with zero attached hydrogens (tertiary/aromatic N) is 1. The Morgan fingerprint density at radius 3 is 2.14 bits per heavy atom. The molecule has 2 amide bonds. The summed E-state index contributed by atoms with van der Waals surface area (Å²) >= 11 is 0. The van der Waals surface area contributed by atoms with E-state index >= 15 is 0 Å². The van der Waals surface area contributed by atoms with Crippen LogP contribution in [0.1, 0.15) is 37.9 Å². The Hall–Kier alpha value is -4.92. The van der Waals surface area contributed by atoms with Crippen molar-refractivity contribution in [1.82, 2.24) is 10.2 Å². The summed E-state index contributed by atoms with van der Waals surface area (Å²) in [5, 5.41) is 20.6. The van der Waals surface area contributed by atoms with Gasteiger partial charge in [0.25, 0.3) is 5.91 Å². The normalized spacial score (nSPS) is 11.9. The average Bonchev–Trinajstić information content (AvgIpc) is 3.46. The molecule has 0 bridgehead atoms. The van der Waals surface area contributed by atoms with E-state index in [9.17, 15) is 14.4 Å². The molecule has 35 heavy (non-hydrogen) atoms. The Labute approximate surface area is 199 Å². The molecule has 9 heteroatoms. The van der Waals surface area contributed by atoms with Crippen molar-refractivity contribution in [2.45, 2.75) is 5.92 Å². The van der Waals surface area contributed by atoms with Gasteiger partial charge in [-0.3, -0.25) is 15.2 Å². The van der Waals surface area contributed by atoms with Gasteiger partial charge in [-0.2, -0.15) is 5.10 Å². The van der Waals surface area contributed by atoms with E-state index in [4.69, 9.17) is 9.84 Å². The molecule has 0 atom stereocenters. The number of fused-ring (bicyclic) bond motifs is 3. The molecule has 3 aromatic carbocycles. The van der Waals surface area contributed by atoms with Gasteiger partial charge in [-0.05, 0) is 46.5 Å². The average molecular weight is 468 g/mol. The van der Waals surface area contributed by atoms with Crippen LogP contribution in [0.25, 0.3) is 11.1 Å². The highest BCUT2D eigenvalue weighted by Gasteiger charge is 2.29. The van der Waals surface area contributed by atoms with Crippen LogP contribution < -0.4 is 10.6 Å². The molecule has 1 aliphatic carbocycles. The molecular formula is C26H20N4O5. The van der Waals surface area contributed by atoms with E-state index in [2.05, 4.69) is 33.0 Å². The molecule has 1 heterocycles. The molecule has 9 nitrogen and oxygen atoms in total. The number of carboxylic acids is 1. The number of aromatic carboxylic acids is 1. The Balaban J connectivity index is 1.19. The summed E-state index contributed by atoms with van der Waals surface area (Å²) in [4.78, 5) is 35.8. The molecule has 4 aromatic rings. The monoisotopic (exact) mass is 468 g/mol. The van der Waals surface area contributed by atoms with E-state index in [-0.39, 0.29) is 29.6 Å². The van der Waals surface area contributed by atoms with Crippen LogP contribution in [-0.2, 0) is 4.74 Å². The van der Waals surface area contributed by atoms with Crippen LogP contribution in [0.4, 0.5) is 16.3 Å². The second-order valence-electron chi connectivity index (χ2n) is 7.95. The number of carboxylic acid groups (broad SMARTS) is 1. The van der Waals surface area contributed by atoms with Crippen LogP contribution in [-0.4, -0.2) is 39.9 Å². The quantitative estimate of drug-likeness (QED) is 0.324. The van der Waals surface area contributed by atoms with Crippen molar-refractivity contribution < 1.29 is 24.2 Å². The maximum absolute atomic E-state index is 12.4. The first-order valence-corrected chi connectivity index (χ1v) is 10.8. The van der Waals surface area contributed by atoms with E-state index in [1.165, 1.54) is 30.3 Å². The number of carbonyl (C=O) groups is 3. The third kappa shape index (κ3) is 4.47. The first kappa shape index (κ1) is 21.9. The second-order valence-corrected chi connectivity index (χ2v) is 7.95. The highest BCUT2D eigenvalue weighted by atomic mass is 16.5. The molecule has 0 fully saturated rings. The number of aromatic amines is 1. The lowest BCUT2D eigenvalue weighted by molar-refractivity contribution is 0.0696. The largest absolute Gasteiger partial charge is 0.478 e. The van der Waals surface area contributed by atoms with Crippen LogP contribution >= 0.6 is 0 Å². The van der Waals surface area contributed by atoms with Crippen LogP contribution in [0, 0.1) is 0 Å². The number of hydrogen-bond acceptors (Lipinski definition) is 5. The third-order valence-corrected chi connectivity index (χ3v) is 5.79. The summed E-state index contributed by atoms with van der Waals surface area (Å²) in [6.07, 6.45) is -0.686. The minimum Gasteiger partial charge on any atom is -0.478 e. The first-order valence-electron chi connectivity index (χ1n) is 10.8. The van der Waals surface area contributed by atoms with E-state index in [1.807, 2.05) is 36.4 Å². The highest BCUT2D eigenvalue weighted by Crippen LogP contribution is 2.44. The van der Waals surface area contributed by atoms with Gasteiger partial charge in [0, 0.05) is 17.7 Å². The summed E-state index contributed by atoms with van der Waals surface area (Å²) in [6.45, 7) is 0.157. The summed E-state index contributed by atoms with van der Waals surface area (Å²) in [5.41, 5.74) is 5.13. The van der Waals surface area contributed by atoms with Crippen LogP contribution in [0.3, 0.4) is 0 Å². The summed E-state index contributed by atoms with van der Waals surface area (Å²) in [6, 6.07) is 23.2. The predicted molar refractivity (Wildman–Crippen MR) is 129 cm³/mol. The van der Waals surface area contributed by atoms with Crippen LogP contribution in [0.2, 0.25) is 0 Å². The fourth-order valence-electron chi connectivity index (χ4n) is 4.14. The third-order valence-electron chi connectivity index (χ3n) is 5.79. The topological polar surface area (TPSA) is 133 Å². The molecule has 174 valence electrons. The maximum Gasteiger partial charge on any atom is 0.412 e. The molecule has 5 rings (SSSR count). The lowest BCUT2D eigenvalue weighted by Crippen LogP contribution is -2.18. The molecule has 4 N–H and O–H groups in total. The number of anilines is 2. The van der Waals surface area contributed by atoms with Crippen molar-refractivity contribution in [3.05, 3.63) is 101 Å². The highest BCUT2D eigenvalue weighted by molar-refractivity contribution is 6.04. The summed E-state index contributed by atoms with van der Waals surface area (Å²) in [7, 11) is 0. The van der Waals surface area contributed by atoms with Gasteiger partial charge in [0.1, 0.15) is 12.3 Å². The van der Waals surface area contributed by atoms with E-state index in [0.29, 0.717) is 5.69 Å². The standard InChI is InChI=1S/C26H20N4O5/c31-24(27-16-11-9-15(10-12-16)25(32)33)22-13-23(30-29-22)28-26(34)35-14-21-19-7-3-1-5-17(19)18-6-2-4-8-20(18)21/h1-13,21H,14H2,(H,27,31)(H,32,33)(H2,28,29,30,34). The number of hydrogen-bond donors (Lipinski definition) is 4. The fraction of sp³-hybridized carbons (Fsp3) is 0.0769. The molecule has 0 radical (unpaired) electrons.